The molecule has 3 N–H and O–H groups in total. The lowest BCUT2D eigenvalue weighted by atomic mass is 9.89. The van der Waals surface area contributed by atoms with E-state index in [0.29, 0.717) is 5.92 Å². The Morgan fingerprint density at radius 3 is 2.62 bits per heavy atom. The van der Waals surface area contributed by atoms with Crippen molar-refractivity contribution in [1.29, 1.82) is 0 Å². The number of hydrogen-bond acceptors (Lipinski definition) is 3. The minimum Gasteiger partial charge on any atom is -0.378 e. The van der Waals surface area contributed by atoms with Gasteiger partial charge in [0.25, 0.3) is 0 Å². The summed E-state index contributed by atoms with van der Waals surface area (Å²) < 4.78 is 5.57. The maximum Gasteiger partial charge on any atom is 0.0594 e. The van der Waals surface area contributed by atoms with E-state index in [1.54, 1.807) is 0 Å². The molecule has 0 aromatic heterocycles. The van der Waals surface area contributed by atoms with Gasteiger partial charge in [-0.1, -0.05) is 23.7 Å². The van der Waals surface area contributed by atoms with Crippen LogP contribution in [0.5, 0.6) is 0 Å². The van der Waals surface area contributed by atoms with Crippen LogP contribution < -0.4 is 11.3 Å². The van der Waals surface area contributed by atoms with Crippen LogP contribution >= 0.6 is 11.6 Å². The van der Waals surface area contributed by atoms with Gasteiger partial charge < -0.3 is 4.74 Å². The van der Waals surface area contributed by atoms with Gasteiger partial charge in [-0.2, -0.15) is 0 Å². The van der Waals surface area contributed by atoms with E-state index in [0.717, 1.165) is 23.6 Å². The average molecular weight is 241 g/mol. The number of ether oxygens (including phenoxy) is 1. The zero-order chi connectivity index (χ0) is 11.5. The van der Waals surface area contributed by atoms with Crippen molar-refractivity contribution in [3.8, 4) is 0 Å². The minimum atomic E-state index is 0.134. The van der Waals surface area contributed by atoms with Crippen molar-refractivity contribution >= 4 is 11.6 Å². The van der Waals surface area contributed by atoms with Crippen molar-refractivity contribution in [3.05, 3.63) is 34.9 Å². The number of halogens is 1. The van der Waals surface area contributed by atoms with E-state index in [1.807, 2.05) is 24.3 Å². The number of nitrogens with two attached hydrogens (primary N) is 1. The first-order chi connectivity index (χ1) is 7.72. The second kappa shape index (κ2) is 5.15. The second-order valence-electron chi connectivity index (χ2n) is 4.22. The predicted molar refractivity (Wildman–Crippen MR) is 65.0 cm³/mol. The molecule has 0 saturated carbocycles. The molecular weight excluding hydrogens is 224 g/mol. The van der Waals surface area contributed by atoms with E-state index in [-0.39, 0.29) is 12.1 Å². The van der Waals surface area contributed by atoms with Gasteiger partial charge in [0.05, 0.1) is 12.1 Å². The topological polar surface area (TPSA) is 47.3 Å². The Bertz CT molecular complexity index is 341. The van der Waals surface area contributed by atoms with E-state index >= 15 is 0 Å². The molecule has 1 aliphatic rings. The summed E-state index contributed by atoms with van der Waals surface area (Å²) in [6.45, 7) is 2.91. The first-order valence-corrected chi connectivity index (χ1v) is 5.93. The zero-order valence-electron chi connectivity index (χ0n) is 9.32. The Kier molecular flexibility index (Phi) is 3.82. The van der Waals surface area contributed by atoms with Crippen LogP contribution in [0.3, 0.4) is 0 Å². The van der Waals surface area contributed by atoms with Crippen LogP contribution in [0.25, 0.3) is 0 Å². The van der Waals surface area contributed by atoms with Crippen LogP contribution in [0.4, 0.5) is 0 Å². The molecule has 0 aliphatic carbocycles. The highest BCUT2D eigenvalue weighted by atomic mass is 35.5. The Balaban J connectivity index is 2.18. The third-order valence-corrected chi connectivity index (χ3v) is 3.52. The van der Waals surface area contributed by atoms with Crippen LogP contribution in [0.15, 0.2) is 24.3 Å². The van der Waals surface area contributed by atoms with Crippen LogP contribution in [0.1, 0.15) is 24.9 Å². The SMILES string of the molecule is CC1OCCC1C(NN)c1ccc(Cl)cc1. The van der Waals surface area contributed by atoms with Crippen LogP contribution in [-0.2, 0) is 4.74 Å². The van der Waals surface area contributed by atoms with Gasteiger partial charge in [-0.05, 0) is 31.0 Å². The highest BCUT2D eigenvalue weighted by Gasteiger charge is 2.32. The summed E-state index contributed by atoms with van der Waals surface area (Å²) in [6.07, 6.45) is 1.29. The van der Waals surface area contributed by atoms with Crippen molar-refractivity contribution in [3.63, 3.8) is 0 Å². The average Bonchev–Trinajstić information content (AvgIpc) is 2.69. The van der Waals surface area contributed by atoms with Crippen molar-refractivity contribution in [2.75, 3.05) is 6.61 Å². The molecule has 3 unspecified atom stereocenters. The lowest BCUT2D eigenvalue weighted by molar-refractivity contribution is 0.0954. The minimum absolute atomic E-state index is 0.134. The Morgan fingerprint density at radius 1 is 1.44 bits per heavy atom. The molecule has 4 heteroatoms. The summed E-state index contributed by atoms with van der Waals surface area (Å²) in [6, 6.07) is 7.94. The monoisotopic (exact) mass is 240 g/mol. The maximum atomic E-state index is 5.87. The van der Waals surface area contributed by atoms with Gasteiger partial charge in [-0.25, -0.2) is 0 Å². The number of nitrogens with one attached hydrogen (secondary N) is 1. The summed E-state index contributed by atoms with van der Waals surface area (Å²) >= 11 is 5.87. The van der Waals surface area contributed by atoms with Gasteiger partial charge in [0.15, 0.2) is 0 Å². The molecule has 1 aromatic rings. The highest BCUT2D eigenvalue weighted by Crippen LogP contribution is 2.33. The van der Waals surface area contributed by atoms with E-state index < -0.39 is 0 Å². The Labute approximate surface area is 101 Å². The number of hydrazine groups is 1. The van der Waals surface area contributed by atoms with Crippen molar-refractivity contribution in [2.45, 2.75) is 25.5 Å². The molecule has 16 heavy (non-hydrogen) atoms. The van der Waals surface area contributed by atoms with E-state index in [9.17, 15) is 0 Å². The van der Waals surface area contributed by atoms with Gasteiger partial charge in [0, 0.05) is 17.5 Å². The Morgan fingerprint density at radius 2 is 2.12 bits per heavy atom. The second-order valence-corrected chi connectivity index (χ2v) is 4.66. The van der Waals surface area contributed by atoms with Gasteiger partial charge >= 0.3 is 0 Å². The number of benzene rings is 1. The first kappa shape index (κ1) is 11.9. The highest BCUT2D eigenvalue weighted by molar-refractivity contribution is 6.30. The normalized spacial score (nSPS) is 26.9. The molecule has 1 fully saturated rings. The molecule has 1 aromatic carbocycles. The summed E-state index contributed by atoms with van der Waals surface area (Å²) in [4.78, 5) is 0. The molecule has 88 valence electrons. The molecule has 0 amide bonds. The summed E-state index contributed by atoms with van der Waals surface area (Å²) in [5, 5.41) is 0.746. The molecular formula is C12H17ClN2O. The molecule has 3 atom stereocenters. The smallest absolute Gasteiger partial charge is 0.0594 e. The van der Waals surface area contributed by atoms with Gasteiger partial charge in [0.1, 0.15) is 0 Å². The molecule has 0 spiro atoms. The number of rotatable bonds is 3. The molecule has 2 rings (SSSR count). The Hall–Kier alpha value is -0.610. The summed E-state index contributed by atoms with van der Waals surface area (Å²) in [5.41, 5.74) is 4.05. The fourth-order valence-electron chi connectivity index (χ4n) is 2.32. The first-order valence-electron chi connectivity index (χ1n) is 5.55. The van der Waals surface area contributed by atoms with Crippen molar-refractivity contribution in [2.24, 2.45) is 11.8 Å². The third-order valence-electron chi connectivity index (χ3n) is 3.27. The summed E-state index contributed by atoms with van der Waals surface area (Å²) in [7, 11) is 0. The maximum absolute atomic E-state index is 5.87. The van der Waals surface area contributed by atoms with E-state index in [4.69, 9.17) is 22.2 Å². The third kappa shape index (κ3) is 2.38. The zero-order valence-corrected chi connectivity index (χ0v) is 10.1. The fraction of sp³-hybridized carbons (Fsp3) is 0.500. The lowest BCUT2D eigenvalue weighted by Gasteiger charge is -2.25. The van der Waals surface area contributed by atoms with Crippen LogP contribution in [-0.4, -0.2) is 12.7 Å². The van der Waals surface area contributed by atoms with Crippen LogP contribution in [0.2, 0.25) is 5.02 Å². The molecule has 0 bridgehead atoms. The van der Waals surface area contributed by atoms with Gasteiger partial charge in [0.2, 0.25) is 0 Å². The predicted octanol–water partition coefficient (Wildman–Crippen LogP) is 2.27. The standard InChI is InChI=1S/C12H17ClN2O/c1-8-11(6-7-16-8)12(15-14)9-2-4-10(13)5-3-9/h2-5,8,11-12,15H,6-7,14H2,1H3. The number of hydrogen-bond donors (Lipinski definition) is 2. The molecule has 3 nitrogen and oxygen atoms in total. The van der Waals surface area contributed by atoms with Gasteiger partial charge in [-0.3, -0.25) is 11.3 Å². The molecule has 1 heterocycles. The van der Waals surface area contributed by atoms with Crippen molar-refractivity contribution < 1.29 is 4.74 Å². The van der Waals surface area contributed by atoms with E-state index in [2.05, 4.69) is 12.3 Å². The quantitative estimate of drug-likeness (QED) is 0.630. The lowest BCUT2D eigenvalue weighted by Crippen LogP contribution is -2.36. The molecule has 0 radical (unpaired) electrons. The largest absolute Gasteiger partial charge is 0.378 e. The van der Waals surface area contributed by atoms with E-state index in [1.165, 1.54) is 0 Å². The molecule has 1 aliphatic heterocycles. The van der Waals surface area contributed by atoms with Crippen molar-refractivity contribution in [1.82, 2.24) is 5.43 Å². The molecule has 1 saturated heterocycles. The summed E-state index contributed by atoms with van der Waals surface area (Å²) in [5.74, 6) is 6.07. The van der Waals surface area contributed by atoms with Gasteiger partial charge in [-0.15, -0.1) is 0 Å². The fourth-order valence-corrected chi connectivity index (χ4v) is 2.45. The van der Waals surface area contributed by atoms with Crippen LogP contribution in [0, 0.1) is 5.92 Å².